The van der Waals surface area contributed by atoms with Crippen molar-refractivity contribution in [1.82, 2.24) is 10.2 Å². The third kappa shape index (κ3) is 2.76. The summed E-state index contributed by atoms with van der Waals surface area (Å²) in [6.07, 6.45) is 11.0. The number of nitrogens with one attached hydrogen (secondary N) is 1. The maximum atomic E-state index is 12.7. The van der Waals surface area contributed by atoms with Crippen LogP contribution in [0.15, 0.2) is 29.7 Å². The molecule has 4 aliphatic rings. The van der Waals surface area contributed by atoms with Gasteiger partial charge in [-0.15, -0.1) is 11.3 Å². The Morgan fingerprint density at radius 2 is 2.00 bits per heavy atom. The highest BCUT2D eigenvalue weighted by molar-refractivity contribution is 7.12. The topological polar surface area (TPSA) is 49.4 Å². The first kappa shape index (κ1) is 19.3. The van der Waals surface area contributed by atoms with Crippen LogP contribution in [0.5, 0.6) is 0 Å². The fourth-order valence-corrected chi connectivity index (χ4v) is 8.24. The molecule has 3 saturated carbocycles. The second-order valence-electron chi connectivity index (χ2n) is 10.2. The highest BCUT2D eigenvalue weighted by atomic mass is 32.1. The van der Waals surface area contributed by atoms with Crippen molar-refractivity contribution in [2.75, 3.05) is 7.05 Å². The summed E-state index contributed by atoms with van der Waals surface area (Å²) in [6.45, 7) is 4.82. The molecule has 1 aromatic heterocycles. The predicted octanol–water partition coefficient (Wildman–Crippen LogP) is 4.49. The molecule has 0 aromatic carbocycles. The lowest BCUT2D eigenvalue weighted by Crippen LogP contribution is -2.60. The number of hydrogen-bond donors (Lipinski definition) is 1. The Balaban J connectivity index is 1.38. The Labute approximate surface area is 177 Å². The predicted molar refractivity (Wildman–Crippen MR) is 116 cm³/mol. The number of hydrogen-bond acceptors (Lipinski definition) is 3. The first-order valence-corrected chi connectivity index (χ1v) is 12.0. The van der Waals surface area contributed by atoms with Crippen LogP contribution in [0, 0.1) is 28.6 Å². The summed E-state index contributed by atoms with van der Waals surface area (Å²) in [5.41, 5.74) is 0.280. The standard InChI is InChI=1S/C24H32N2O2S/c1-23-12-10-17-15(6-9-20-24(17,2)13-11-21(27)26(20)3)16(23)7-8-19(23)25-22(28)18-5-4-14-29-18/h4-5,11,13-17,19-20H,6-10,12H2,1-3H3,(H,25,28)/t15-,16-,17-,19?,20+,23-,24+/m0/s1. The normalized spacial score (nSPS) is 43.5. The zero-order chi connectivity index (χ0) is 20.4. The van der Waals surface area contributed by atoms with Crippen LogP contribution in [-0.4, -0.2) is 35.8 Å². The van der Waals surface area contributed by atoms with Crippen LogP contribution in [0.1, 0.15) is 62.0 Å². The molecule has 1 unspecified atom stereocenters. The molecule has 1 aromatic rings. The summed E-state index contributed by atoms with van der Waals surface area (Å²) in [7, 11) is 1.98. The number of amides is 2. The van der Waals surface area contributed by atoms with Gasteiger partial charge in [-0.1, -0.05) is 26.0 Å². The van der Waals surface area contributed by atoms with Crippen molar-refractivity contribution in [3.63, 3.8) is 0 Å². The second-order valence-corrected chi connectivity index (χ2v) is 11.2. The quantitative estimate of drug-likeness (QED) is 0.778. The van der Waals surface area contributed by atoms with Crippen molar-refractivity contribution >= 4 is 23.2 Å². The van der Waals surface area contributed by atoms with Gasteiger partial charge in [0.1, 0.15) is 0 Å². The maximum Gasteiger partial charge on any atom is 0.261 e. The summed E-state index contributed by atoms with van der Waals surface area (Å²) in [5, 5.41) is 5.37. The molecule has 5 rings (SSSR count). The molecule has 2 heterocycles. The van der Waals surface area contributed by atoms with E-state index in [1.165, 1.54) is 37.0 Å². The Bertz CT molecular complexity index is 849. The Morgan fingerprint density at radius 1 is 1.17 bits per heavy atom. The minimum absolute atomic E-state index is 0.0885. The molecule has 1 N–H and O–H groups in total. The largest absolute Gasteiger partial charge is 0.348 e. The van der Waals surface area contributed by atoms with E-state index in [9.17, 15) is 9.59 Å². The minimum Gasteiger partial charge on any atom is -0.348 e. The number of rotatable bonds is 2. The highest BCUT2D eigenvalue weighted by Crippen LogP contribution is 2.63. The Hall–Kier alpha value is -1.62. The van der Waals surface area contributed by atoms with Gasteiger partial charge in [-0.2, -0.15) is 0 Å². The van der Waals surface area contributed by atoms with Gasteiger partial charge in [0.25, 0.3) is 5.91 Å². The van der Waals surface area contributed by atoms with Gasteiger partial charge in [0.05, 0.1) is 4.88 Å². The van der Waals surface area contributed by atoms with E-state index >= 15 is 0 Å². The first-order valence-electron chi connectivity index (χ1n) is 11.1. The average Bonchev–Trinajstić information content (AvgIpc) is 3.34. The molecular formula is C24H32N2O2S. The molecule has 0 radical (unpaired) electrons. The Morgan fingerprint density at radius 3 is 2.76 bits per heavy atom. The van der Waals surface area contributed by atoms with E-state index < -0.39 is 0 Å². The van der Waals surface area contributed by atoms with Crippen LogP contribution >= 0.6 is 11.3 Å². The minimum atomic E-state index is 0.0885. The molecule has 3 fully saturated rings. The lowest BCUT2D eigenvalue weighted by Gasteiger charge is -2.60. The third-order valence-electron chi connectivity index (χ3n) is 9.18. The lowest BCUT2D eigenvalue weighted by atomic mass is 9.48. The summed E-state index contributed by atoms with van der Waals surface area (Å²) in [6, 6.07) is 4.48. The zero-order valence-electron chi connectivity index (χ0n) is 17.7. The number of fused-ring (bicyclic) bond motifs is 5. The van der Waals surface area contributed by atoms with Crippen LogP contribution in [-0.2, 0) is 4.79 Å². The third-order valence-corrected chi connectivity index (χ3v) is 10.0. The zero-order valence-corrected chi connectivity index (χ0v) is 18.5. The van der Waals surface area contributed by atoms with Crippen molar-refractivity contribution in [2.24, 2.45) is 28.6 Å². The van der Waals surface area contributed by atoms with Gasteiger partial charge in [-0.05, 0) is 79.2 Å². The van der Waals surface area contributed by atoms with Gasteiger partial charge in [0.15, 0.2) is 0 Å². The Kier molecular flexibility index (Phi) is 4.47. The van der Waals surface area contributed by atoms with Crippen LogP contribution in [0.2, 0.25) is 0 Å². The lowest BCUT2D eigenvalue weighted by molar-refractivity contribution is -0.138. The van der Waals surface area contributed by atoms with Gasteiger partial charge in [-0.3, -0.25) is 9.59 Å². The van der Waals surface area contributed by atoms with Crippen molar-refractivity contribution in [3.8, 4) is 0 Å². The molecule has 7 atom stereocenters. The van der Waals surface area contributed by atoms with Crippen molar-refractivity contribution < 1.29 is 9.59 Å². The summed E-state index contributed by atoms with van der Waals surface area (Å²) >= 11 is 1.52. The van der Waals surface area contributed by atoms with Gasteiger partial charge < -0.3 is 10.2 Å². The smallest absolute Gasteiger partial charge is 0.261 e. The number of likely N-dealkylation sites (N-methyl/N-ethyl adjacent to an activating group) is 1. The number of carbonyl (C=O) groups is 2. The molecule has 1 aliphatic heterocycles. The van der Waals surface area contributed by atoms with Crippen LogP contribution < -0.4 is 5.32 Å². The summed E-state index contributed by atoms with van der Waals surface area (Å²) in [4.78, 5) is 27.8. The highest BCUT2D eigenvalue weighted by Gasteiger charge is 2.60. The molecule has 5 heteroatoms. The fraction of sp³-hybridized carbons (Fsp3) is 0.667. The fourth-order valence-electron chi connectivity index (χ4n) is 7.61. The molecule has 0 bridgehead atoms. The number of carbonyl (C=O) groups excluding carboxylic acids is 2. The van der Waals surface area contributed by atoms with Crippen molar-refractivity contribution in [3.05, 3.63) is 34.5 Å². The molecule has 0 saturated heterocycles. The molecular weight excluding hydrogens is 380 g/mol. The van der Waals surface area contributed by atoms with Crippen LogP contribution in [0.25, 0.3) is 0 Å². The molecule has 4 nitrogen and oxygen atoms in total. The van der Waals surface area contributed by atoms with Gasteiger partial charge in [-0.25, -0.2) is 0 Å². The molecule has 2 amide bonds. The average molecular weight is 413 g/mol. The van der Waals surface area contributed by atoms with Crippen LogP contribution in [0.4, 0.5) is 0 Å². The SMILES string of the molecule is CN1C(=O)C=C[C@]2(C)[C@H]3CC[C@]4(C)C(NC(=O)c5cccs5)CC[C@H]4[C@@H]3CC[C@@H]12. The molecule has 156 valence electrons. The van der Waals surface area contributed by atoms with E-state index in [2.05, 4.69) is 25.2 Å². The van der Waals surface area contributed by atoms with E-state index in [1.54, 1.807) is 0 Å². The van der Waals surface area contributed by atoms with E-state index in [0.29, 0.717) is 23.8 Å². The van der Waals surface area contributed by atoms with Crippen molar-refractivity contribution in [2.45, 2.75) is 64.5 Å². The van der Waals surface area contributed by atoms with Crippen LogP contribution in [0.3, 0.4) is 0 Å². The van der Waals surface area contributed by atoms with Gasteiger partial charge in [0, 0.05) is 24.5 Å². The first-order chi connectivity index (χ1) is 13.8. The summed E-state index contributed by atoms with van der Waals surface area (Å²) < 4.78 is 0. The maximum absolute atomic E-state index is 12.7. The van der Waals surface area contributed by atoms with Gasteiger partial charge >= 0.3 is 0 Å². The van der Waals surface area contributed by atoms with E-state index in [0.717, 1.165) is 17.7 Å². The molecule has 29 heavy (non-hydrogen) atoms. The number of nitrogens with zero attached hydrogens (tertiary/aromatic N) is 1. The molecule has 3 aliphatic carbocycles. The van der Waals surface area contributed by atoms with E-state index in [-0.39, 0.29) is 28.7 Å². The molecule has 0 spiro atoms. The van der Waals surface area contributed by atoms with E-state index in [4.69, 9.17) is 0 Å². The van der Waals surface area contributed by atoms with E-state index in [1.807, 2.05) is 35.5 Å². The monoisotopic (exact) mass is 412 g/mol. The summed E-state index contributed by atoms with van der Waals surface area (Å²) in [5.74, 6) is 2.26. The van der Waals surface area contributed by atoms with Gasteiger partial charge in [0.2, 0.25) is 5.91 Å². The van der Waals surface area contributed by atoms with Crippen molar-refractivity contribution in [1.29, 1.82) is 0 Å². The second kappa shape index (κ2) is 6.69. The number of thiophene rings is 1.